The lowest BCUT2D eigenvalue weighted by molar-refractivity contribution is -0.455. The van der Waals surface area contributed by atoms with Crippen LogP contribution in [0, 0.1) is 0 Å². The summed E-state index contributed by atoms with van der Waals surface area (Å²) in [4.78, 5) is 8.58. The van der Waals surface area contributed by atoms with Gasteiger partial charge in [-0.15, -0.1) is 51.3 Å². The van der Waals surface area contributed by atoms with Crippen molar-refractivity contribution in [2.45, 2.75) is 16.9 Å². The van der Waals surface area contributed by atoms with Gasteiger partial charge >= 0.3 is 14.4 Å². The molecule has 0 saturated carbocycles. The molecule has 0 rings (SSSR count). The molecule has 0 amide bonds. The molecule has 0 aliphatic rings. The van der Waals surface area contributed by atoms with Crippen LogP contribution in [0.2, 0.25) is 0 Å². The van der Waals surface area contributed by atoms with Crippen LogP contribution in [0.5, 0.6) is 0 Å². The second-order valence-corrected chi connectivity index (χ2v) is 5.49. The van der Waals surface area contributed by atoms with E-state index in [1.54, 1.807) is 0 Å². The number of rotatable bonds is 10. The van der Waals surface area contributed by atoms with Crippen molar-refractivity contribution < 1.29 is 28.6 Å². The molecule has 18 heavy (non-hydrogen) atoms. The topological polar surface area (TPSA) is 85.2 Å². The lowest BCUT2D eigenvalue weighted by Crippen LogP contribution is -2.40. The molecule has 0 fully saturated rings. The average Bonchev–Trinajstić information content (AvgIpc) is 2.32. The quantitative estimate of drug-likeness (QED) is 0.350. The van der Waals surface area contributed by atoms with Gasteiger partial charge in [0.1, 0.15) is 0 Å². The summed E-state index contributed by atoms with van der Waals surface area (Å²) in [5, 5.41) is 8.38. The normalized spacial score (nSPS) is 19.1. The first-order valence-electron chi connectivity index (χ1n) is 4.58. The summed E-state index contributed by atoms with van der Waals surface area (Å²) >= 11 is 22.1. The Balaban J connectivity index is 4.37. The molecule has 0 heterocycles. The van der Waals surface area contributed by atoms with Gasteiger partial charge in [0, 0.05) is 16.3 Å². The molecule has 6 nitrogen and oxygen atoms in total. The summed E-state index contributed by atoms with van der Waals surface area (Å²) in [6.45, 7) is -0.531. The fourth-order valence-corrected chi connectivity index (χ4v) is 1.28. The van der Waals surface area contributed by atoms with Gasteiger partial charge in [-0.1, -0.05) is 0 Å². The molecule has 0 aromatic heterocycles. The van der Waals surface area contributed by atoms with E-state index in [1.807, 2.05) is 0 Å². The molecular weight excluding hydrogens is 353 g/mol. The fourth-order valence-electron chi connectivity index (χ4n) is 0.674. The molecule has 11 heteroatoms. The zero-order valence-corrected chi connectivity index (χ0v) is 12.9. The van der Waals surface area contributed by atoms with E-state index in [-0.39, 0.29) is 25.0 Å². The number of ether oxygens (including phenoxy) is 2. The van der Waals surface area contributed by atoms with Crippen LogP contribution in [0.3, 0.4) is 0 Å². The number of halogens is 4. The van der Waals surface area contributed by atoms with Gasteiger partial charge in [0.15, 0.2) is 0 Å². The van der Waals surface area contributed by atoms with E-state index in [0.717, 1.165) is 0 Å². The van der Waals surface area contributed by atoms with Gasteiger partial charge in [0.2, 0.25) is 0 Å². The molecule has 0 bridgehead atoms. The highest BCUT2D eigenvalue weighted by Crippen LogP contribution is 2.27. The van der Waals surface area contributed by atoms with Crippen molar-refractivity contribution in [2.75, 3.05) is 25.0 Å². The largest absolute Gasteiger partial charge is 0.702 e. The number of hydrogen-bond donors (Lipinski definition) is 2. The van der Waals surface area contributed by atoms with Crippen LogP contribution in [-0.4, -0.2) is 51.9 Å². The van der Waals surface area contributed by atoms with Crippen molar-refractivity contribution in [3.63, 3.8) is 0 Å². The minimum Gasteiger partial charge on any atom is -0.316 e. The van der Waals surface area contributed by atoms with Crippen LogP contribution in [0.25, 0.3) is 0 Å². The minimum atomic E-state index is -3.16. The van der Waals surface area contributed by atoms with Crippen molar-refractivity contribution in [3.8, 4) is 0 Å². The summed E-state index contributed by atoms with van der Waals surface area (Å²) < 4.78 is 24.2. The lowest BCUT2D eigenvalue weighted by atomic mass is 10.5. The van der Waals surface area contributed by atoms with Gasteiger partial charge in [-0.05, 0) is 4.52 Å². The van der Waals surface area contributed by atoms with Crippen molar-refractivity contribution in [1.82, 2.24) is 0 Å². The van der Waals surface area contributed by atoms with E-state index >= 15 is 0 Å². The highest BCUT2D eigenvalue weighted by Gasteiger charge is 2.43. The van der Waals surface area contributed by atoms with Crippen LogP contribution < -0.4 is 0 Å². The van der Waals surface area contributed by atoms with Crippen LogP contribution >= 0.6 is 54.7 Å². The smallest absolute Gasteiger partial charge is 0.316 e. The maximum absolute atomic E-state index is 10.5. The Hall–Kier alpha value is 1.06. The third-order valence-electron chi connectivity index (χ3n) is 1.42. The Morgan fingerprint density at radius 3 is 1.78 bits per heavy atom. The zero-order chi connectivity index (χ0) is 14.2. The summed E-state index contributed by atoms with van der Waals surface area (Å²) in [6, 6.07) is 0. The number of aliphatic hydroxyl groups is 1. The van der Waals surface area contributed by atoms with Crippen LogP contribution in [0.15, 0.2) is 0 Å². The van der Waals surface area contributed by atoms with Gasteiger partial charge in [0.05, 0.1) is 24.0 Å². The maximum atomic E-state index is 10.5. The summed E-state index contributed by atoms with van der Waals surface area (Å²) in [7, 11) is -3.16. The predicted octanol–water partition coefficient (Wildman–Crippen LogP) is 1.98. The van der Waals surface area contributed by atoms with Gasteiger partial charge < -0.3 is 5.11 Å². The van der Waals surface area contributed by atoms with Gasteiger partial charge in [0.25, 0.3) is 0 Å². The SMILES string of the molecule is O=[P+](O)OC(O)(OCC(Cl)CCl)OCC(Cl)CCl. The van der Waals surface area contributed by atoms with E-state index in [1.165, 1.54) is 0 Å². The molecule has 0 aliphatic carbocycles. The second kappa shape index (κ2) is 9.88. The predicted molar refractivity (Wildman–Crippen MR) is 68.5 cm³/mol. The minimum absolute atomic E-state index is 0.0444. The molecule has 0 aromatic carbocycles. The lowest BCUT2D eigenvalue weighted by Gasteiger charge is -2.22. The van der Waals surface area contributed by atoms with E-state index in [2.05, 4.69) is 4.52 Å². The summed E-state index contributed by atoms with van der Waals surface area (Å²) in [6.07, 6.45) is -2.74. The van der Waals surface area contributed by atoms with Crippen molar-refractivity contribution in [1.29, 1.82) is 0 Å². The number of alkyl halides is 4. The van der Waals surface area contributed by atoms with Gasteiger partial charge in [-0.3, -0.25) is 9.47 Å². The van der Waals surface area contributed by atoms with Gasteiger partial charge in [-0.25, -0.2) is 0 Å². The molecule has 2 N–H and O–H groups in total. The monoisotopic (exact) mass is 363 g/mol. The second-order valence-electron chi connectivity index (χ2n) is 2.98. The third kappa shape index (κ3) is 9.04. The molecule has 108 valence electrons. The molecule has 0 saturated heterocycles. The van der Waals surface area contributed by atoms with Gasteiger partial charge in [-0.2, -0.15) is 0 Å². The zero-order valence-electron chi connectivity index (χ0n) is 8.97. The third-order valence-corrected chi connectivity index (χ3v) is 3.43. The molecule has 3 atom stereocenters. The van der Waals surface area contributed by atoms with E-state index in [4.69, 9.17) is 60.8 Å². The molecule has 0 spiro atoms. The first kappa shape index (κ1) is 19.1. The highest BCUT2D eigenvalue weighted by molar-refractivity contribution is 7.32. The van der Waals surface area contributed by atoms with Crippen molar-refractivity contribution >= 4 is 54.7 Å². The van der Waals surface area contributed by atoms with Crippen LogP contribution in [0.1, 0.15) is 0 Å². The Labute approximate surface area is 125 Å². The molecule has 0 aromatic rings. The van der Waals surface area contributed by atoms with E-state index < -0.39 is 25.2 Å². The Kier molecular flexibility index (Phi) is 10.5. The molecule has 0 radical (unpaired) electrons. The Bertz CT molecular complexity index is 244. The van der Waals surface area contributed by atoms with E-state index in [0.29, 0.717) is 0 Å². The molecule has 0 aliphatic heterocycles. The standard InChI is InChI=1S/C7H11Cl4O6P/c8-1-5(10)3-15-7(12,17-18(13)14)16-4-6(11)2-9/h5-6,12H,1-4H2/p+1. The molecular formula is C7H12Cl4O6P+. The number of hydrogen-bond acceptors (Lipinski definition) is 5. The highest BCUT2D eigenvalue weighted by atomic mass is 35.5. The maximum Gasteiger partial charge on any atom is 0.702 e. The first-order valence-corrected chi connectivity index (χ1v) is 7.65. The fraction of sp³-hybridized carbons (Fsp3) is 1.00. The van der Waals surface area contributed by atoms with Crippen molar-refractivity contribution in [2.24, 2.45) is 0 Å². The Morgan fingerprint density at radius 2 is 1.50 bits per heavy atom. The van der Waals surface area contributed by atoms with E-state index in [9.17, 15) is 9.67 Å². The van der Waals surface area contributed by atoms with Crippen LogP contribution in [-0.2, 0) is 18.6 Å². The van der Waals surface area contributed by atoms with Crippen LogP contribution in [0.4, 0.5) is 0 Å². The average molecular weight is 365 g/mol. The molecule has 3 unspecified atom stereocenters. The Morgan fingerprint density at radius 1 is 1.11 bits per heavy atom. The summed E-state index contributed by atoms with van der Waals surface area (Å²) in [5.74, 6) is 0.0887. The first-order chi connectivity index (χ1) is 8.33. The summed E-state index contributed by atoms with van der Waals surface area (Å²) in [5.41, 5.74) is 0. The van der Waals surface area contributed by atoms with Crippen molar-refractivity contribution in [3.05, 3.63) is 0 Å².